The normalized spacial score (nSPS) is 38.2. The van der Waals surface area contributed by atoms with Gasteiger partial charge < -0.3 is 0 Å². The van der Waals surface area contributed by atoms with E-state index in [0.717, 1.165) is 12.3 Å². The highest BCUT2D eigenvalue weighted by molar-refractivity contribution is 5.93. The van der Waals surface area contributed by atoms with Crippen molar-refractivity contribution in [1.29, 1.82) is 0 Å². The van der Waals surface area contributed by atoms with Crippen LogP contribution in [0.3, 0.4) is 0 Å². The maximum Gasteiger partial charge on any atom is 0.0591 e. The fraction of sp³-hybridized carbons (Fsp3) is 0.667. The fourth-order valence-electron chi connectivity index (χ4n) is 4.05. The second-order valence-corrected chi connectivity index (χ2v) is 5.99. The Labute approximate surface area is 109 Å². The van der Waals surface area contributed by atoms with Gasteiger partial charge in [-0.05, 0) is 50.8 Å². The van der Waals surface area contributed by atoms with Crippen molar-refractivity contribution in [3.63, 3.8) is 0 Å². The van der Waals surface area contributed by atoms with Crippen LogP contribution in [0.4, 0.5) is 0 Å². The average molecular weight is 243 g/mol. The van der Waals surface area contributed by atoms with Crippen LogP contribution in [0.1, 0.15) is 32.1 Å². The van der Waals surface area contributed by atoms with Crippen molar-refractivity contribution < 1.29 is 0 Å². The molecule has 5 rings (SSSR count). The molecule has 3 nitrogen and oxygen atoms in total. The van der Waals surface area contributed by atoms with Gasteiger partial charge in [-0.3, -0.25) is 9.91 Å². The predicted molar refractivity (Wildman–Crippen MR) is 73.3 cm³/mol. The van der Waals surface area contributed by atoms with Crippen LogP contribution in [0.15, 0.2) is 28.5 Å². The Kier molecular flexibility index (Phi) is 2.37. The van der Waals surface area contributed by atoms with E-state index in [-0.39, 0.29) is 0 Å². The molecule has 4 heterocycles. The Hall–Kier alpha value is -1.09. The van der Waals surface area contributed by atoms with Gasteiger partial charge >= 0.3 is 0 Å². The van der Waals surface area contributed by atoms with E-state index in [4.69, 9.17) is 5.10 Å². The predicted octanol–water partition coefficient (Wildman–Crippen LogP) is 2.38. The summed E-state index contributed by atoms with van der Waals surface area (Å²) < 4.78 is 0. The van der Waals surface area contributed by atoms with Gasteiger partial charge in [-0.15, -0.1) is 0 Å². The Morgan fingerprint density at radius 1 is 1.28 bits per heavy atom. The molecule has 0 spiro atoms. The highest BCUT2D eigenvalue weighted by Crippen LogP contribution is 2.37. The number of hydrogen-bond donors (Lipinski definition) is 0. The van der Waals surface area contributed by atoms with Gasteiger partial charge in [-0.1, -0.05) is 12.2 Å². The van der Waals surface area contributed by atoms with Crippen molar-refractivity contribution in [2.75, 3.05) is 20.1 Å². The van der Waals surface area contributed by atoms with Crippen LogP contribution in [0.25, 0.3) is 0 Å². The lowest BCUT2D eigenvalue weighted by molar-refractivity contribution is 0.144. The summed E-state index contributed by atoms with van der Waals surface area (Å²) in [4.78, 5) is 2.66. The second kappa shape index (κ2) is 3.95. The van der Waals surface area contributed by atoms with Gasteiger partial charge in [0, 0.05) is 18.7 Å². The summed E-state index contributed by atoms with van der Waals surface area (Å²) in [5.74, 6) is 0.757. The standard InChI is InChI=1S/C15H21N3/c1-17-13-5-3-2-4-12(13)10-14-15(16-17)11-6-8-18(14)9-7-11/h2,4,11,14H,3,5-10H2,1H3. The van der Waals surface area contributed by atoms with Gasteiger partial charge in [0.15, 0.2) is 0 Å². The molecule has 0 N–H and O–H groups in total. The molecule has 18 heavy (non-hydrogen) atoms. The molecule has 96 valence electrons. The molecule has 3 fully saturated rings. The number of rotatable bonds is 0. The van der Waals surface area contributed by atoms with Crippen molar-refractivity contribution in [2.24, 2.45) is 11.0 Å². The summed E-state index contributed by atoms with van der Waals surface area (Å²) >= 11 is 0. The van der Waals surface area contributed by atoms with Gasteiger partial charge in [-0.25, -0.2) is 0 Å². The van der Waals surface area contributed by atoms with E-state index >= 15 is 0 Å². The van der Waals surface area contributed by atoms with E-state index < -0.39 is 0 Å². The number of piperidine rings is 3. The first-order valence-corrected chi connectivity index (χ1v) is 7.27. The summed E-state index contributed by atoms with van der Waals surface area (Å²) in [6.07, 6.45) is 10.8. The Bertz CT molecular complexity index is 452. The Morgan fingerprint density at radius 2 is 2.11 bits per heavy atom. The second-order valence-electron chi connectivity index (χ2n) is 5.99. The molecule has 5 aliphatic rings. The molecular formula is C15H21N3. The lowest BCUT2D eigenvalue weighted by Crippen LogP contribution is -2.55. The molecular weight excluding hydrogens is 222 g/mol. The maximum atomic E-state index is 4.98. The van der Waals surface area contributed by atoms with Gasteiger partial charge in [0.05, 0.1) is 11.8 Å². The largest absolute Gasteiger partial charge is 0.295 e. The van der Waals surface area contributed by atoms with Crippen molar-refractivity contribution in [1.82, 2.24) is 9.91 Å². The molecule has 4 aliphatic heterocycles. The van der Waals surface area contributed by atoms with Gasteiger partial charge in [0.25, 0.3) is 0 Å². The van der Waals surface area contributed by atoms with E-state index in [1.165, 1.54) is 55.8 Å². The van der Waals surface area contributed by atoms with Crippen LogP contribution in [0.5, 0.6) is 0 Å². The molecule has 0 radical (unpaired) electrons. The van der Waals surface area contributed by atoms with Crippen LogP contribution < -0.4 is 0 Å². The minimum atomic E-state index is 0.593. The third-order valence-corrected chi connectivity index (χ3v) is 5.04. The number of hydrogen-bond acceptors (Lipinski definition) is 3. The molecule has 1 unspecified atom stereocenters. The minimum absolute atomic E-state index is 0.593. The third kappa shape index (κ3) is 1.50. The molecule has 1 atom stereocenters. The van der Waals surface area contributed by atoms with Gasteiger partial charge in [-0.2, -0.15) is 5.10 Å². The molecule has 0 amide bonds. The zero-order chi connectivity index (χ0) is 12.1. The summed E-state index contributed by atoms with van der Waals surface area (Å²) in [5, 5.41) is 7.16. The number of hydrazone groups is 1. The zero-order valence-electron chi connectivity index (χ0n) is 11.1. The smallest absolute Gasteiger partial charge is 0.0591 e. The quantitative estimate of drug-likeness (QED) is 0.650. The topological polar surface area (TPSA) is 18.8 Å². The van der Waals surface area contributed by atoms with Crippen LogP contribution in [-0.4, -0.2) is 41.8 Å². The molecule has 0 aromatic rings. The van der Waals surface area contributed by atoms with Crippen molar-refractivity contribution in [3.05, 3.63) is 23.4 Å². The van der Waals surface area contributed by atoms with Crippen LogP contribution in [0.2, 0.25) is 0 Å². The Morgan fingerprint density at radius 3 is 2.94 bits per heavy atom. The summed E-state index contributed by atoms with van der Waals surface area (Å²) in [5.41, 5.74) is 4.46. The third-order valence-electron chi connectivity index (χ3n) is 5.04. The van der Waals surface area contributed by atoms with E-state index in [9.17, 15) is 0 Å². The summed E-state index contributed by atoms with van der Waals surface area (Å²) in [7, 11) is 2.14. The summed E-state index contributed by atoms with van der Waals surface area (Å²) in [6, 6.07) is 0.593. The monoisotopic (exact) mass is 243 g/mol. The molecule has 0 aromatic carbocycles. The van der Waals surface area contributed by atoms with Crippen LogP contribution >= 0.6 is 0 Å². The first-order valence-electron chi connectivity index (χ1n) is 7.27. The molecule has 1 aliphatic carbocycles. The molecule has 3 heteroatoms. The van der Waals surface area contributed by atoms with Crippen molar-refractivity contribution >= 4 is 5.71 Å². The lowest BCUT2D eigenvalue weighted by Gasteiger charge is -2.46. The zero-order valence-corrected chi connectivity index (χ0v) is 11.1. The Balaban J connectivity index is 1.76. The highest BCUT2D eigenvalue weighted by atomic mass is 15.5. The van der Waals surface area contributed by atoms with Crippen LogP contribution in [-0.2, 0) is 0 Å². The van der Waals surface area contributed by atoms with E-state index in [1.54, 1.807) is 0 Å². The lowest BCUT2D eigenvalue weighted by atomic mass is 9.79. The molecule has 3 saturated heterocycles. The van der Waals surface area contributed by atoms with E-state index in [1.807, 2.05) is 0 Å². The first-order chi connectivity index (χ1) is 8.83. The van der Waals surface area contributed by atoms with Crippen molar-refractivity contribution in [3.8, 4) is 0 Å². The molecule has 0 saturated carbocycles. The maximum absolute atomic E-state index is 4.98. The summed E-state index contributed by atoms with van der Waals surface area (Å²) in [6.45, 7) is 2.56. The van der Waals surface area contributed by atoms with E-state index in [0.29, 0.717) is 6.04 Å². The van der Waals surface area contributed by atoms with E-state index in [2.05, 4.69) is 29.1 Å². The highest BCUT2D eigenvalue weighted by Gasteiger charge is 2.41. The van der Waals surface area contributed by atoms with Crippen molar-refractivity contribution in [2.45, 2.75) is 38.1 Å². The number of fused-ring (bicyclic) bond motifs is 2. The number of allylic oxidation sites excluding steroid dienone is 3. The minimum Gasteiger partial charge on any atom is -0.295 e. The first kappa shape index (κ1) is 10.8. The fourth-order valence-corrected chi connectivity index (χ4v) is 4.05. The average Bonchev–Trinajstić information content (AvgIpc) is 2.58. The van der Waals surface area contributed by atoms with Gasteiger partial charge in [0.2, 0.25) is 0 Å². The number of nitrogens with zero attached hydrogens (tertiary/aromatic N) is 3. The SMILES string of the molecule is CN1N=C2C3CCN(CC3)C2CC2=C1CCC=C2. The van der Waals surface area contributed by atoms with Gasteiger partial charge in [0.1, 0.15) is 0 Å². The molecule has 2 bridgehead atoms. The molecule has 0 aromatic heterocycles. The van der Waals surface area contributed by atoms with Crippen LogP contribution in [0, 0.1) is 5.92 Å².